The molecule has 0 N–H and O–H groups in total. The SMILES string of the molecule is COC(=O)c1ccc(-n2c(C)cc(C(=O)COC(=O)c3c(F)cccc3F)c2C)cc1. The van der Waals surface area contributed by atoms with Gasteiger partial charge < -0.3 is 14.0 Å². The van der Waals surface area contributed by atoms with Crippen LogP contribution in [0, 0.1) is 25.5 Å². The van der Waals surface area contributed by atoms with Crippen molar-refractivity contribution in [3.8, 4) is 5.69 Å². The minimum absolute atomic E-state index is 0.302. The number of benzene rings is 2. The van der Waals surface area contributed by atoms with E-state index in [0.717, 1.165) is 23.9 Å². The van der Waals surface area contributed by atoms with Gasteiger partial charge in [-0.25, -0.2) is 18.4 Å². The van der Waals surface area contributed by atoms with Crippen LogP contribution in [0.25, 0.3) is 5.69 Å². The summed E-state index contributed by atoms with van der Waals surface area (Å²) >= 11 is 0. The highest BCUT2D eigenvalue weighted by Crippen LogP contribution is 2.22. The van der Waals surface area contributed by atoms with Gasteiger partial charge in [0.15, 0.2) is 6.61 Å². The number of Topliss-reactive ketones (excluding diaryl/α,β-unsaturated/α-hetero) is 1. The lowest BCUT2D eigenvalue weighted by molar-refractivity contribution is 0.0464. The fourth-order valence-corrected chi connectivity index (χ4v) is 3.28. The number of halogens is 2. The fourth-order valence-electron chi connectivity index (χ4n) is 3.28. The Kier molecular flexibility index (Phi) is 6.29. The van der Waals surface area contributed by atoms with Crippen LogP contribution in [0.1, 0.15) is 42.5 Å². The number of hydrogen-bond donors (Lipinski definition) is 0. The topological polar surface area (TPSA) is 74.6 Å². The maximum absolute atomic E-state index is 13.7. The second-order valence-electron chi connectivity index (χ2n) is 6.75. The van der Waals surface area contributed by atoms with Gasteiger partial charge in [-0.05, 0) is 56.3 Å². The molecule has 0 amide bonds. The first-order valence-electron chi connectivity index (χ1n) is 9.26. The monoisotopic (exact) mass is 427 g/mol. The molecule has 0 aliphatic carbocycles. The van der Waals surface area contributed by atoms with E-state index in [0.29, 0.717) is 22.5 Å². The van der Waals surface area contributed by atoms with Crippen molar-refractivity contribution < 1.29 is 32.6 Å². The molecule has 3 rings (SSSR count). The highest BCUT2D eigenvalue weighted by atomic mass is 19.1. The zero-order valence-corrected chi connectivity index (χ0v) is 17.1. The van der Waals surface area contributed by atoms with Crippen LogP contribution in [0.15, 0.2) is 48.5 Å². The summed E-state index contributed by atoms with van der Waals surface area (Å²) in [6.45, 7) is 2.84. The molecule has 0 unspecified atom stereocenters. The predicted octanol–water partition coefficient (Wildman–Crippen LogP) is 4.20. The molecule has 0 atom stereocenters. The van der Waals surface area contributed by atoms with E-state index in [4.69, 9.17) is 4.74 Å². The van der Waals surface area contributed by atoms with E-state index in [1.807, 2.05) is 0 Å². The minimum atomic E-state index is -1.25. The molecular formula is C23H19F2NO5. The van der Waals surface area contributed by atoms with Gasteiger partial charge in [0, 0.05) is 22.6 Å². The maximum atomic E-state index is 13.7. The third-order valence-corrected chi connectivity index (χ3v) is 4.78. The number of methoxy groups -OCH3 is 1. The lowest BCUT2D eigenvalue weighted by Gasteiger charge is -2.11. The molecule has 0 saturated heterocycles. The van der Waals surface area contributed by atoms with Gasteiger partial charge >= 0.3 is 11.9 Å². The van der Waals surface area contributed by atoms with E-state index in [1.165, 1.54) is 7.11 Å². The van der Waals surface area contributed by atoms with Crippen molar-refractivity contribution in [3.63, 3.8) is 0 Å². The van der Waals surface area contributed by atoms with Gasteiger partial charge in [-0.2, -0.15) is 0 Å². The van der Waals surface area contributed by atoms with Gasteiger partial charge in [0.1, 0.15) is 17.2 Å². The summed E-state index contributed by atoms with van der Waals surface area (Å²) in [5.41, 5.74) is 1.88. The average Bonchev–Trinajstić information content (AvgIpc) is 3.05. The Morgan fingerprint density at radius 1 is 0.935 bits per heavy atom. The number of ketones is 1. The molecule has 1 heterocycles. The van der Waals surface area contributed by atoms with E-state index in [-0.39, 0.29) is 0 Å². The fraction of sp³-hybridized carbons (Fsp3) is 0.174. The molecule has 0 fully saturated rings. The Labute approximate surface area is 177 Å². The van der Waals surface area contributed by atoms with Crippen LogP contribution in [0.3, 0.4) is 0 Å². The van der Waals surface area contributed by atoms with Gasteiger partial charge in [0.2, 0.25) is 5.78 Å². The summed E-state index contributed by atoms with van der Waals surface area (Å²) in [7, 11) is 1.29. The van der Waals surface area contributed by atoms with Crippen LogP contribution in [-0.2, 0) is 9.47 Å². The van der Waals surface area contributed by atoms with Crippen molar-refractivity contribution >= 4 is 17.7 Å². The average molecular weight is 427 g/mol. The molecule has 160 valence electrons. The van der Waals surface area contributed by atoms with Crippen LogP contribution in [0.5, 0.6) is 0 Å². The van der Waals surface area contributed by atoms with E-state index < -0.39 is 41.5 Å². The van der Waals surface area contributed by atoms with Gasteiger partial charge in [-0.3, -0.25) is 4.79 Å². The number of carbonyl (C=O) groups excluding carboxylic acids is 3. The van der Waals surface area contributed by atoms with Crippen molar-refractivity contribution in [1.29, 1.82) is 0 Å². The Morgan fingerprint density at radius 2 is 1.55 bits per heavy atom. The number of esters is 2. The van der Waals surface area contributed by atoms with E-state index in [9.17, 15) is 23.2 Å². The third-order valence-electron chi connectivity index (χ3n) is 4.78. The highest BCUT2D eigenvalue weighted by molar-refractivity contribution is 6.00. The Balaban J connectivity index is 1.79. The maximum Gasteiger partial charge on any atom is 0.344 e. The summed E-state index contributed by atoms with van der Waals surface area (Å²) in [6.07, 6.45) is 0. The zero-order valence-electron chi connectivity index (χ0n) is 17.1. The number of hydrogen-bond acceptors (Lipinski definition) is 5. The summed E-state index contributed by atoms with van der Waals surface area (Å²) < 4.78 is 38.7. The largest absolute Gasteiger partial charge is 0.465 e. The molecule has 8 heteroatoms. The molecule has 0 aliphatic rings. The second-order valence-corrected chi connectivity index (χ2v) is 6.75. The van der Waals surface area contributed by atoms with Crippen molar-refractivity contribution in [1.82, 2.24) is 4.57 Å². The normalized spacial score (nSPS) is 10.6. The van der Waals surface area contributed by atoms with E-state index in [1.54, 1.807) is 48.7 Å². The van der Waals surface area contributed by atoms with E-state index in [2.05, 4.69) is 4.74 Å². The van der Waals surface area contributed by atoms with Crippen LogP contribution in [0.2, 0.25) is 0 Å². The predicted molar refractivity (Wildman–Crippen MR) is 108 cm³/mol. The van der Waals surface area contributed by atoms with Crippen LogP contribution >= 0.6 is 0 Å². The molecule has 0 radical (unpaired) electrons. The number of ether oxygens (including phenoxy) is 2. The second kappa shape index (κ2) is 8.91. The quantitative estimate of drug-likeness (QED) is 0.435. The van der Waals surface area contributed by atoms with Crippen molar-refractivity contribution in [2.24, 2.45) is 0 Å². The number of carbonyl (C=O) groups is 3. The van der Waals surface area contributed by atoms with Crippen LogP contribution in [-0.4, -0.2) is 36.0 Å². The Morgan fingerprint density at radius 3 is 2.13 bits per heavy atom. The number of aromatic nitrogens is 1. The first kappa shape index (κ1) is 21.9. The van der Waals surface area contributed by atoms with E-state index >= 15 is 0 Å². The van der Waals surface area contributed by atoms with Gasteiger partial charge in [-0.1, -0.05) is 6.07 Å². The summed E-state index contributed by atoms with van der Waals surface area (Å²) in [5.74, 6) is -4.36. The van der Waals surface area contributed by atoms with Crippen molar-refractivity contribution in [2.45, 2.75) is 13.8 Å². The molecule has 1 aromatic heterocycles. The Hall–Kier alpha value is -3.81. The molecule has 0 bridgehead atoms. The van der Waals surface area contributed by atoms with Gasteiger partial charge in [0.05, 0.1) is 12.7 Å². The highest BCUT2D eigenvalue weighted by Gasteiger charge is 2.22. The first-order chi connectivity index (χ1) is 14.7. The summed E-state index contributed by atoms with van der Waals surface area (Å²) in [6, 6.07) is 11.2. The Bertz CT molecular complexity index is 1150. The zero-order chi connectivity index (χ0) is 22.7. The minimum Gasteiger partial charge on any atom is -0.465 e. The number of rotatable bonds is 6. The molecule has 0 aliphatic heterocycles. The number of nitrogens with zero attached hydrogens (tertiary/aromatic N) is 1. The standard InChI is InChI=1S/C23H19F2NO5/c1-13-11-17(14(2)26(13)16-9-7-15(8-10-16)22(28)30-3)20(27)12-31-23(29)21-18(24)5-4-6-19(21)25/h4-11H,12H2,1-3H3. The lowest BCUT2D eigenvalue weighted by atomic mass is 10.1. The first-order valence-corrected chi connectivity index (χ1v) is 9.26. The molecule has 0 saturated carbocycles. The van der Waals surface area contributed by atoms with Gasteiger partial charge in [-0.15, -0.1) is 0 Å². The number of aryl methyl sites for hydroxylation is 1. The van der Waals surface area contributed by atoms with Crippen molar-refractivity contribution in [2.75, 3.05) is 13.7 Å². The molecule has 2 aromatic carbocycles. The smallest absolute Gasteiger partial charge is 0.344 e. The summed E-state index contributed by atoms with van der Waals surface area (Å²) in [5, 5.41) is 0. The molecule has 3 aromatic rings. The lowest BCUT2D eigenvalue weighted by Crippen LogP contribution is -2.17. The third kappa shape index (κ3) is 4.37. The van der Waals surface area contributed by atoms with Crippen LogP contribution in [0.4, 0.5) is 8.78 Å². The van der Waals surface area contributed by atoms with Crippen LogP contribution < -0.4 is 0 Å². The molecular weight excluding hydrogens is 408 g/mol. The summed E-state index contributed by atoms with van der Waals surface area (Å²) in [4.78, 5) is 36.2. The molecule has 0 spiro atoms. The molecule has 31 heavy (non-hydrogen) atoms. The van der Waals surface area contributed by atoms with Crippen molar-refractivity contribution in [3.05, 3.63) is 88.2 Å². The van der Waals surface area contributed by atoms with Gasteiger partial charge in [0.25, 0.3) is 0 Å². The molecule has 6 nitrogen and oxygen atoms in total.